The van der Waals surface area contributed by atoms with Crippen molar-refractivity contribution in [3.8, 4) is 0 Å². The van der Waals surface area contributed by atoms with Crippen molar-refractivity contribution in [1.29, 1.82) is 0 Å². The molecule has 0 saturated carbocycles. The molecule has 1 N–H and O–H groups in total. The molecule has 0 radical (unpaired) electrons. The molecule has 2 aromatic rings. The number of benzene rings is 1. The van der Waals surface area contributed by atoms with Gasteiger partial charge in [-0.2, -0.15) is 5.10 Å². The molecule has 1 aromatic heterocycles. The summed E-state index contributed by atoms with van der Waals surface area (Å²) in [6, 6.07) is 5.59. The summed E-state index contributed by atoms with van der Waals surface area (Å²) < 4.78 is 1.38. The Morgan fingerprint density at radius 3 is 2.67 bits per heavy atom. The zero-order chi connectivity index (χ0) is 13.0. The summed E-state index contributed by atoms with van der Waals surface area (Å²) in [6.45, 7) is 0.0387. The molecule has 18 heavy (non-hydrogen) atoms. The van der Waals surface area contributed by atoms with Gasteiger partial charge in [-0.25, -0.2) is 9.67 Å². The second kappa shape index (κ2) is 5.04. The number of aromatic nitrogens is 3. The molecule has 0 saturated heterocycles. The number of carbonyl (C=O) groups excluding carboxylic acids is 1. The van der Waals surface area contributed by atoms with Crippen LogP contribution in [0.1, 0.15) is 0 Å². The lowest BCUT2D eigenvalue weighted by molar-refractivity contribution is -0.384. The quantitative estimate of drug-likeness (QED) is 0.636. The topological polar surface area (TPSA) is 103 Å². The van der Waals surface area contributed by atoms with Crippen LogP contribution in [0.25, 0.3) is 0 Å². The van der Waals surface area contributed by atoms with E-state index >= 15 is 0 Å². The highest BCUT2D eigenvalue weighted by molar-refractivity contribution is 5.90. The second-order valence-corrected chi connectivity index (χ2v) is 3.45. The average Bonchev–Trinajstić information content (AvgIpc) is 2.82. The van der Waals surface area contributed by atoms with E-state index < -0.39 is 4.92 Å². The van der Waals surface area contributed by atoms with Crippen molar-refractivity contribution in [3.05, 3.63) is 47.0 Å². The molecule has 1 aromatic carbocycles. The highest BCUT2D eigenvalue weighted by atomic mass is 16.6. The van der Waals surface area contributed by atoms with Gasteiger partial charge in [-0.3, -0.25) is 14.9 Å². The number of non-ortho nitro benzene ring substituents is 1. The predicted molar refractivity (Wildman–Crippen MR) is 61.7 cm³/mol. The minimum atomic E-state index is -0.499. The third kappa shape index (κ3) is 2.88. The smallest absolute Gasteiger partial charge is 0.269 e. The molecule has 0 bridgehead atoms. The van der Waals surface area contributed by atoms with Crippen molar-refractivity contribution in [1.82, 2.24) is 14.8 Å². The highest BCUT2D eigenvalue weighted by Gasteiger charge is 2.07. The van der Waals surface area contributed by atoms with E-state index in [0.29, 0.717) is 5.69 Å². The van der Waals surface area contributed by atoms with E-state index in [1.54, 1.807) is 0 Å². The van der Waals surface area contributed by atoms with E-state index in [9.17, 15) is 14.9 Å². The maximum atomic E-state index is 11.6. The van der Waals surface area contributed by atoms with Crippen molar-refractivity contribution in [2.45, 2.75) is 6.54 Å². The third-order valence-electron chi connectivity index (χ3n) is 2.13. The number of anilines is 1. The average molecular weight is 247 g/mol. The van der Waals surface area contributed by atoms with Crippen LogP contribution >= 0.6 is 0 Å². The molecule has 1 amide bonds. The number of amides is 1. The molecule has 0 unspecified atom stereocenters. The second-order valence-electron chi connectivity index (χ2n) is 3.45. The van der Waals surface area contributed by atoms with Gasteiger partial charge in [-0.15, -0.1) is 0 Å². The standard InChI is InChI=1S/C10H9N5O3/c16-10(5-14-7-11-6-12-14)13-8-1-3-9(4-2-8)15(17)18/h1-4,6-7H,5H2,(H,13,16). The Morgan fingerprint density at radius 1 is 1.39 bits per heavy atom. The van der Waals surface area contributed by atoms with Crippen LogP contribution in [-0.2, 0) is 11.3 Å². The molecule has 0 spiro atoms. The Hall–Kier alpha value is -2.77. The van der Waals surface area contributed by atoms with Gasteiger partial charge in [0.25, 0.3) is 5.69 Å². The zero-order valence-electron chi connectivity index (χ0n) is 9.18. The molecule has 8 nitrogen and oxygen atoms in total. The van der Waals surface area contributed by atoms with Gasteiger partial charge in [0.1, 0.15) is 19.2 Å². The van der Waals surface area contributed by atoms with Gasteiger partial charge in [0.2, 0.25) is 5.91 Å². The van der Waals surface area contributed by atoms with Crippen LogP contribution in [0, 0.1) is 10.1 Å². The molecular weight excluding hydrogens is 238 g/mol. The van der Waals surface area contributed by atoms with Gasteiger partial charge in [0.15, 0.2) is 0 Å². The van der Waals surface area contributed by atoms with Crippen LogP contribution in [0.2, 0.25) is 0 Å². The minimum absolute atomic E-state index is 0.0238. The maximum absolute atomic E-state index is 11.6. The van der Waals surface area contributed by atoms with E-state index in [1.165, 1.54) is 41.6 Å². The fourth-order valence-corrected chi connectivity index (χ4v) is 1.33. The molecule has 0 aliphatic carbocycles. The number of hydrogen-bond donors (Lipinski definition) is 1. The van der Waals surface area contributed by atoms with Crippen LogP contribution in [-0.4, -0.2) is 25.6 Å². The van der Waals surface area contributed by atoms with Crippen LogP contribution < -0.4 is 5.32 Å². The Bertz CT molecular complexity index is 549. The normalized spacial score (nSPS) is 10.0. The van der Waals surface area contributed by atoms with Gasteiger partial charge >= 0.3 is 0 Å². The molecule has 92 valence electrons. The van der Waals surface area contributed by atoms with Gasteiger partial charge in [-0.1, -0.05) is 0 Å². The van der Waals surface area contributed by atoms with Gasteiger partial charge in [-0.05, 0) is 12.1 Å². The summed E-state index contributed by atoms with van der Waals surface area (Å²) in [7, 11) is 0. The minimum Gasteiger partial charge on any atom is -0.324 e. The Morgan fingerprint density at radius 2 is 2.11 bits per heavy atom. The first kappa shape index (κ1) is 11.7. The lowest BCUT2D eigenvalue weighted by Gasteiger charge is -2.04. The summed E-state index contributed by atoms with van der Waals surface area (Å²) in [5.74, 6) is -0.283. The van der Waals surface area contributed by atoms with Crippen molar-refractivity contribution in [2.24, 2.45) is 0 Å². The summed E-state index contributed by atoms with van der Waals surface area (Å²) in [4.78, 5) is 25.2. The maximum Gasteiger partial charge on any atom is 0.269 e. The molecule has 1 heterocycles. The number of nitrogens with zero attached hydrogens (tertiary/aromatic N) is 4. The van der Waals surface area contributed by atoms with Crippen molar-refractivity contribution < 1.29 is 9.72 Å². The van der Waals surface area contributed by atoms with Crippen LogP contribution in [0.5, 0.6) is 0 Å². The number of nitro groups is 1. The SMILES string of the molecule is O=C(Cn1cncn1)Nc1ccc([N+](=O)[O-])cc1. The van der Waals surface area contributed by atoms with Crippen LogP contribution in [0.15, 0.2) is 36.9 Å². The number of nitrogens with one attached hydrogen (secondary N) is 1. The van der Waals surface area contributed by atoms with Crippen molar-refractivity contribution >= 4 is 17.3 Å². The summed E-state index contributed by atoms with van der Waals surface area (Å²) in [5, 5.41) is 16.8. The molecule has 0 atom stereocenters. The zero-order valence-corrected chi connectivity index (χ0v) is 9.18. The number of nitro benzene ring substituents is 1. The van der Waals surface area contributed by atoms with E-state index in [4.69, 9.17) is 0 Å². The third-order valence-corrected chi connectivity index (χ3v) is 2.13. The molecule has 8 heteroatoms. The highest BCUT2D eigenvalue weighted by Crippen LogP contribution is 2.15. The van der Waals surface area contributed by atoms with Gasteiger partial charge in [0.05, 0.1) is 4.92 Å². The summed E-state index contributed by atoms with van der Waals surface area (Å²) >= 11 is 0. The summed E-state index contributed by atoms with van der Waals surface area (Å²) in [5.41, 5.74) is 0.468. The lowest BCUT2D eigenvalue weighted by Crippen LogP contribution is -2.18. The Labute approximate surface area is 101 Å². The van der Waals surface area contributed by atoms with Crippen LogP contribution in [0.3, 0.4) is 0 Å². The largest absolute Gasteiger partial charge is 0.324 e. The monoisotopic (exact) mass is 247 g/mol. The van der Waals surface area contributed by atoms with Crippen molar-refractivity contribution in [3.63, 3.8) is 0 Å². The summed E-state index contributed by atoms with van der Waals surface area (Å²) in [6.07, 6.45) is 2.76. The number of carbonyl (C=O) groups is 1. The molecule has 2 rings (SSSR count). The fourth-order valence-electron chi connectivity index (χ4n) is 1.33. The Balaban J connectivity index is 1.97. The first-order valence-electron chi connectivity index (χ1n) is 5.02. The van der Waals surface area contributed by atoms with E-state index in [1.807, 2.05) is 0 Å². The first-order chi connectivity index (χ1) is 8.65. The molecule has 0 aliphatic rings. The number of rotatable bonds is 4. The number of hydrogen-bond acceptors (Lipinski definition) is 5. The van der Waals surface area contributed by atoms with E-state index in [0.717, 1.165) is 0 Å². The fraction of sp³-hybridized carbons (Fsp3) is 0.100. The van der Waals surface area contributed by atoms with Crippen LogP contribution in [0.4, 0.5) is 11.4 Å². The molecule has 0 fully saturated rings. The van der Waals surface area contributed by atoms with E-state index in [2.05, 4.69) is 15.4 Å². The van der Waals surface area contributed by atoms with Gasteiger partial charge < -0.3 is 5.32 Å². The molecule has 0 aliphatic heterocycles. The first-order valence-corrected chi connectivity index (χ1v) is 5.02. The van der Waals surface area contributed by atoms with Gasteiger partial charge in [0, 0.05) is 17.8 Å². The predicted octanol–water partition coefficient (Wildman–Crippen LogP) is 0.825. The van der Waals surface area contributed by atoms with E-state index in [-0.39, 0.29) is 18.1 Å². The Kier molecular flexibility index (Phi) is 3.28. The van der Waals surface area contributed by atoms with Crippen molar-refractivity contribution in [2.75, 3.05) is 5.32 Å². The molecular formula is C10H9N5O3. The lowest BCUT2D eigenvalue weighted by atomic mass is 10.3.